The van der Waals surface area contributed by atoms with Gasteiger partial charge in [0.15, 0.2) is 11.6 Å². The van der Waals surface area contributed by atoms with Gasteiger partial charge in [-0.05, 0) is 120 Å². The number of thioether (sulfide) groups is 2. The molecule has 54 heavy (non-hydrogen) atoms. The van der Waals surface area contributed by atoms with Crippen molar-refractivity contribution in [2.75, 3.05) is 50.4 Å². The van der Waals surface area contributed by atoms with Crippen molar-refractivity contribution in [3.63, 3.8) is 0 Å². The number of hydrogen-bond donors (Lipinski definition) is 0. The Morgan fingerprint density at radius 3 is 1.13 bits per heavy atom. The molecule has 0 saturated carbocycles. The van der Waals surface area contributed by atoms with Crippen molar-refractivity contribution in [2.45, 2.75) is 51.4 Å². The van der Waals surface area contributed by atoms with Gasteiger partial charge in [0.25, 0.3) is 0 Å². The van der Waals surface area contributed by atoms with Gasteiger partial charge in [0.1, 0.15) is 23.0 Å². The van der Waals surface area contributed by atoms with Crippen LogP contribution in [0.3, 0.4) is 0 Å². The van der Waals surface area contributed by atoms with Gasteiger partial charge in [-0.2, -0.15) is 23.5 Å². The molecule has 0 atom stereocenters. The van der Waals surface area contributed by atoms with Crippen LogP contribution in [0.15, 0.2) is 109 Å². The molecule has 0 fully saturated rings. The largest absolute Gasteiger partial charge is 0.497 e. The number of unbranched alkanes of at least 4 members (excludes halogenated alkanes) is 7. The van der Waals surface area contributed by atoms with Crippen LogP contribution in [0.4, 0.5) is 0 Å². The first-order chi connectivity index (χ1) is 26.5. The molecule has 0 heterocycles. The maximum absolute atomic E-state index is 12.4. The Labute approximate surface area is 330 Å². The van der Waals surface area contributed by atoms with E-state index < -0.39 is 0 Å². The van der Waals surface area contributed by atoms with Crippen LogP contribution in [0.5, 0.6) is 23.0 Å². The topological polar surface area (TPSA) is 71.1 Å². The van der Waals surface area contributed by atoms with Gasteiger partial charge in [-0.1, -0.05) is 74.9 Å². The quantitative estimate of drug-likeness (QED) is 0.0338. The van der Waals surface area contributed by atoms with Crippen molar-refractivity contribution < 1.29 is 28.5 Å². The molecular formula is C46H54O6S2. The van der Waals surface area contributed by atoms with Crippen molar-refractivity contribution in [3.8, 4) is 23.0 Å². The highest BCUT2D eigenvalue weighted by molar-refractivity contribution is 7.99. The molecule has 0 aromatic heterocycles. The molecule has 286 valence electrons. The summed E-state index contributed by atoms with van der Waals surface area (Å²) in [5.74, 6) is 7.46. The summed E-state index contributed by atoms with van der Waals surface area (Å²) >= 11 is 3.93. The normalized spacial score (nSPS) is 11.2. The van der Waals surface area contributed by atoms with Crippen molar-refractivity contribution in [2.24, 2.45) is 0 Å². The van der Waals surface area contributed by atoms with Crippen LogP contribution in [-0.4, -0.2) is 62.0 Å². The van der Waals surface area contributed by atoms with Gasteiger partial charge in [0.05, 0.1) is 27.4 Å². The standard InChI is InChI=1S/C46H54O6S2/c1-49-41-25-17-39(18-26-41)45(47)29-15-37-11-21-43(22-12-37)51-31-35-53-33-9-7-5-3-4-6-8-10-34-54-36-32-52-44-23-13-38(14-24-44)16-30-46(48)40-19-27-42(50-2)28-20-40/h11-30H,3-10,31-36H2,1-2H3/b29-15-,30-16-. The fourth-order valence-electron chi connectivity index (χ4n) is 5.51. The van der Waals surface area contributed by atoms with E-state index in [1.165, 1.54) is 62.9 Å². The van der Waals surface area contributed by atoms with Gasteiger partial charge in [0.2, 0.25) is 0 Å². The van der Waals surface area contributed by atoms with Crippen LogP contribution in [0.25, 0.3) is 12.2 Å². The SMILES string of the molecule is COc1ccc(C(=O)/C=C\c2ccc(OCCSCCCCCCCCCCSCCOc3ccc(/C=C\C(=O)c4ccc(OC)cc4)cc3)cc2)cc1. The number of carbonyl (C=O) groups is 2. The second-order valence-electron chi connectivity index (χ2n) is 12.7. The zero-order valence-corrected chi connectivity index (χ0v) is 33.3. The van der Waals surface area contributed by atoms with Crippen molar-refractivity contribution in [1.82, 2.24) is 0 Å². The predicted molar refractivity (Wildman–Crippen MR) is 228 cm³/mol. The number of methoxy groups -OCH3 is 2. The minimum atomic E-state index is -0.0380. The van der Waals surface area contributed by atoms with Crippen LogP contribution in [0.1, 0.15) is 83.2 Å². The second-order valence-corrected chi connectivity index (χ2v) is 15.2. The van der Waals surface area contributed by atoms with E-state index in [2.05, 4.69) is 0 Å². The monoisotopic (exact) mass is 766 g/mol. The number of allylic oxidation sites excluding steroid dienone is 2. The van der Waals surface area contributed by atoms with Crippen LogP contribution in [0.2, 0.25) is 0 Å². The van der Waals surface area contributed by atoms with Crippen molar-refractivity contribution in [3.05, 3.63) is 131 Å². The Morgan fingerprint density at radius 1 is 0.444 bits per heavy atom. The molecule has 0 aliphatic heterocycles. The fourth-order valence-corrected chi connectivity index (χ4v) is 7.13. The van der Waals surface area contributed by atoms with Gasteiger partial charge < -0.3 is 18.9 Å². The zero-order valence-electron chi connectivity index (χ0n) is 31.7. The molecule has 0 amide bonds. The molecule has 4 rings (SSSR count). The number of rotatable bonds is 27. The summed E-state index contributed by atoms with van der Waals surface area (Å²) in [6, 6.07) is 29.9. The Morgan fingerprint density at radius 2 is 0.778 bits per heavy atom. The molecule has 4 aromatic rings. The maximum atomic E-state index is 12.4. The highest BCUT2D eigenvalue weighted by Crippen LogP contribution is 2.19. The zero-order chi connectivity index (χ0) is 38.1. The molecule has 8 heteroatoms. The maximum Gasteiger partial charge on any atom is 0.185 e. The van der Waals surface area contributed by atoms with E-state index in [0.717, 1.165) is 45.6 Å². The van der Waals surface area contributed by atoms with Crippen molar-refractivity contribution in [1.29, 1.82) is 0 Å². The molecule has 0 bridgehead atoms. The first kappa shape index (κ1) is 42.3. The Balaban J connectivity index is 0.901. The van der Waals surface area contributed by atoms with Crippen LogP contribution in [0, 0.1) is 0 Å². The minimum Gasteiger partial charge on any atom is -0.497 e. The average molecular weight is 767 g/mol. The molecule has 0 unspecified atom stereocenters. The summed E-state index contributed by atoms with van der Waals surface area (Å²) in [4.78, 5) is 24.8. The Kier molecular flexibility index (Phi) is 20.1. The number of ketones is 2. The van der Waals surface area contributed by atoms with Gasteiger partial charge in [-0.15, -0.1) is 0 Å². The predicted octanol–water partition coefficient (Wildman–Crippen LogP) is 11.5. The summed E-state index contributed by atoms with van der Waals surface area (Å²) in [5.41, 5.74) is 3.19. The van der Waals surface area contributed by atoms with E-state index >= 15 is 0 Å². The highest BCUT2D eigenvalue weighted by atomic mass is 32.2. The van der Waals surface area contributed by atoms with E-state index in [9.17, 15) is 9.59 Å². The molecule has 0 aliphatic carbocycles. The molecule has 0 saturated heterocycles. The molecule has 0 radical (unpaired) electrons. The number of hydrogen-bond acceptors (Lipinski definition) is 8. The highest BCUT2D eigenvalue weighted by Gasteiger charge is 2.04. The molecule has 6 nitrogen and oxygen atoms in total. The lowest BCUT2D eigenvalue weighted by Crippen LogP contribution is -2.00. The van der Waals surface area contributed by atoms with Crippen LogP contribution >= 0.6 is 23.5 Å². The third-order valence-corrected chi connectivity index (χ3v) is 10.7. The first-order valence-electron chi connectivity index (χ1n) is 18.9. The lowest BCUT2D eigenvalue weighted by molar-refractivity contribution is 0.103. The Hall–Kier alpha value is -4.40. The number of benzene rings is 4. The third-order valence-electron chi connectivity index (χ3n) is 8.68. The number of carbonyl (C=O) groups excluding carboxylic acids is 2. The summed E-state index contributed by atoms with van der Waals surface area (Å²) in [7, 11) is 3.22. The lowest BCUT2D eigenvalue weighted by atomic mass is 10.1. The minimum absolute atomic E-state index is 0.0380. The summed E-state index contributed by atoms with van der Waals surface area (Å²) in [5, 5.41) is 0. The van der Waals surface area contributed by atoms with Gasteiger partial charge in [0, 0.05) is 22.6 Å². The molecule has 0 N–H and O–H groups in total. The van der Waals surface area contributed by atoms with Gasteiger partial charge >= 0.3 is 0 Å². The third kappa shape index (κ3) is 16.7. The van der Waals surface area contributed by atoms with Gasteiger partial charge in [-0.25, -0.2) is 0 Å². The molecule has 0 aliphatic rings. The second kappa shape index (κ2) is 25.6. The van der Waals surface area contributed by atoms with Crippen molar-refractivity contribution >= 4 is 47.2 Å². The Bertz CT molecular complexity index is 1570. The smallest absolute Gasteiger partial charge is 0.185 e. The first-order valence-corrected chi connectivity index (χ1v) is 21.2. The van der Waals surface area contributed by atoms with Gasteiger partial charge in [-0.3, -0.25) is 9.59 Å². The molecule has 0 spiro atoms. The van der Waals surface area contributed by atoms with E-state index in [-0.39, 0.29) is 11.6 Å². The molecular weight excluding hydrogens is 713 g/mol. The summed E-state index contributed by atoms with van der Waals surface area (Å²) in [6.07, 6.45) is 17.3. The lowest BCUT2D eigenvalue weighted by Gasteiger charge is -2.07. The van der Waals surface area contributed by atoms with Crippen LogP contribution in [-0.2, 0) is 0 Å². The average Bonchev–Trinajstić information content (AvgIpc) is 3.22. The number of ether oxygens (including phenoxy) is 4. The fraction of sp³-hybridized carbons (Fsp3) is 0.348. The van der Waals surface area contributed by atoms with E-state index in [1.807, 2.05) is 84.2 Å². The van der Waals surface area contributed by atoms with E-state index in [4.69, 9.17) is 18.9 Å². The van der Waals surface area contributed by atoms with Crippen LogP contribution < -0.4 is 18.9 Å². The van der Waals surface area contributed by atoms with E-state index in [1.54, 1.807) is 74.9 Å². The summed E-state index contributed by atoms with van der Waals surface area (Å²) in [6.45, 7) is 1.40. The molecule has 4 aromatic carbocycles. The van der Waals surface area contributed by atoms with E-state index in [0.29, 0.717) is 24.3 Å². The summed E-state index contributed by atoms with van der Waals surface area (Å²) < 4.78 is 22.1.